The van der Waals surface area contributed by atoms with Crippen molar-refractivity contribution < 1.29 is 9.84 Å². The van der Waals surface area contributed by atoms with Gasteiger partial charge in [0.15, 0.2) is 0 Å². The Morgan fingerprint density at radius 3 is 2.75 bits per heavy atom. The Morgan fingerprint density at radius 2 is 2.38 bits per heavy atom. The molecule has 0 aliphatic rings. The van der Waals surface area contributed by atoms with Gasteiger partial charge in [0.1, 0.15) is 0 Å². The first kappa shape index (κ1) is 7.50. The second-order valence-corrected chi connectivity index (χ2v) is 1.51. The van der Waals surface area contributed by atoms with Crippen LogP contribution in [0.1, 0.15) is 13.3 Å². The number of ether oxygens (including phenoxy) is 1. The van der Waals surface area contributed by atoms with Gasteiger partial charge in [0.2, 0.25) is 0 Å². The molecule has 0 aromatic carbocycles. The van der Waals surface area contributed by atoms with Crippen molar-refractivity contribution in [2.45, 2.75) is 13.3 Å². The Bertz CT molecular complexity index is 68.9. The highest BCUT2D eigenvalue weighted by molar-refractivity contribution is 4.77. The molecule has 0 atom stereocenters. The molecule has 1 N–H and O–H groups in total. The van der Waals surface area contributed by atoms with E-state index < -0.39 is 0 Å². The molecule has 0 spiro atoms. The molecule has 48 valence electrons. The lowest BCUT2D eigenvalue weighted by Crippen LogP contribution is -1.93. The number of rotatable bonds is 4. The summed E-state index contributed by atoms with van der Waals surface area (Å²) in [6, 6.07) is 0. The molecule has 8 heavy (non-hydrogen) atoms. The van der Waals surface area contributed by atoms with E-state index in [1.165, 1.54) is 0 Å². The lowest BCUT2D eigenvalue weighted by atomic mass is 10.4. The molecule has 0 rings (SSSR count). The van der Waals surface area contributed by atoms with E-state index in [1.54, 1.807) is 0 Å². The third-order valence-corrected chi connectivity index (χ3v) is 0.739. The zero-order chi connectivity index (χ0) is 6.41. The van der Waals surface area contributed by atoms with Crippen molar-refractivity contribution in [3.8, 4) is 0 Å². The van der Waals surface area contributed by atoms with E-state index in [1.807, 2.05) is 6.92 Å². The van der Waals surface area contributed by atoms with Crippen molar-refractivity contribution >= 4 is 0 Å². The molecular formula is C6H12O2. The minimum atomic E-state index is 0.193. The summed E-state index contributed by atoms with van der Waals surface area (Å²) < 4.78 is 4.92. The molecule has 0 aromatic heterocycles. The van der Waals surface area contributed by atoms with Gasteiger partial charge in [-0.1, -0.05) is 6.58 Å². The summed E-state index contributed by atoms with van der Waals surface area (Å²) in [7, 11) is 0. The standard InChI is InChI=1S/C6H12O2/c1-3-8-5-4-6(2)7/h7H,2-5H2,1H3. The van der Waals surface area contributed by atoms with Crippen LogP contribution in [0.2, 0.25) is 0 Å². The summed E-state index contributed by atoms with van der Waals surface area (Å²) in [6.45, 7) is 6.50. The van der Waals surface area contributed by atoms with Crippen molar-refractivity contribution in [2.24, 2.45) is 0 Å². The van der Waals surface area contributed by atoms with Gasteiger partial charge in [-0.2, -0.15) is 0 Å². The number of aliphatic hydroxyl groups is 1. The predicted octanol–water partition coefficient (Wildman–Crippen LogP) is 1.48. The minimum absolute atomic E-state index is 0.193. The van der Waals surface area contributed by atoms with E-state index >= 15 is 0 Å². The van der Waals surface area contributed by atoms with E-state index in [0.29, 0.717) is 19.6 Å². The van der Waals surface area contributed by atoms with E-state index in [-0.39, 0.29) is 5.76 Å². The maximum atomic E-state index is 8.50. The van der Waals surface area contributed by atoms with Crippen LogP contribution >= 0.6 is 0 Å². The van der Waals surface area contributed by atoms with Gasteiger partial charge >= 0.3 is 0 Å². The van der Waals surface area contributed by atoms with E-state index in [4.69, 9.17) is 9.84 Å². The summed E-state index contributed by atoms with van der Waals surface area (Å²) in [5, 5.41) is 8.50. The van der Waals surface area contributed by atoms with Crippen LogP contribution in [0.15, 0.2) is 12.3 Å². The number of hydrogen-bond donors (Lipinski definition) is 1. The van der Waals surface area contributed by atoms with Gasteiger partial charge in [0.05, 0.1) is 12.4 Å². The third kappa shape index (κ3) is 5.50. The first-order chi connectivity index (χ1) is 3.77. The van der Waals surface area contributed by atoms with Crippen LogP contribution < -0.4 is 0 Å². The Hall–Kier alpha value is -0.500. The molecule has 0 aliphatic carbocycles. The van der Waals surface area contributed by atoms with Gasteiger partial charge in [-0.25, -0.2) is 0 Å². The highest BCUT2D eigenvalue weighted by Crippen LogP contribution is 1.90. The predicted molar refractivity (Wildman–Crippen MR) is 32.9 cm³/mol. The van der Waals surface area contributed by atoms with Crippen LogP contribution in [0.25, 0.3) is 0 Å². The van der Waals surface area contributed by atoms with Gasteiger partial charge in [-0.05, 0) is 6.92 Å². The molecule has 0 radical (unpaired) electrons. The third-order valence-electron chi connectivity index (χ3n) is 0.739. The highest BCUT2D eigenvalue weighted by Gasteiger charge is 1.86. The van der Waals surface area contributed by atoms with Crippen LogP contribution in [-0.4, -0.2) is 18.3 Å². The second-order valence-electron chi connectivity index (χ2n) is 1.51. The van der Waals surface area contributed by atoms with Crippen molar-refractivity contribution in [3.05, 3.63) is 12.3 Å². The van der Waals surface area contributed by atoms with E-state index in [2.05, 4.69) is 6.58 Å². The van der Waals surface area contributed by atoms with Crippen molar-refractivity contribution in [1.82, 2.24) is 0 Å². The fraction of sp³-hybridized carbons (Fsp3) is 0.667. The summed E-state index contributed by atoms with van der Waals surface area (Å²) in [4.78, 5) is 0. The molecule has 0 bridgehead atoms. The SMILES string of the molecule is C=C(O)CCOCC. The van der Waals surface area contributed by atoms with Crippen LogP contribution in [-0.2, 0) is 4.74 Å². The first-order valence-electron chi connectivity index (χ1n) is 2.72. The van der Waals surface area contributed by atoms with E-state index in [0.717, 1.165) is 0 Å². The second kappa shape index (κ2) is 4.65. The Labute approximate surface area is 49.8 Å². The zero-order valence-electron chi connectivity index (χ0n) is 5.18. The van der Waals surface area contributed by atoms with Gasteiger partial charge in [0, 0.05) is 13.0 Å². The Balaban J connectivity index is 2.82. The summed E-state index contributed by atoms with van der Waals surface area (Å²) in [5.74, 6) is 0.193. The lowest BCUT2D eigenvalue weighted by molar-refractivity contribution is 0.142. The quantitative estimate of drug-likeness (QED) is 0.445. The Kier molecular flexibility index (Phi) is 4.36. The van der Waals surface area contributed by atoms with Crippen LogP contribution in [0.4, 0.5) is 0 Å². The van der Waals surface area contributed by atoms with Crippen LogP contribution in [0.5, 0.6) is 0 Å². The summed E-state index contributed by atoms with van der Waals surface area (Å²) in [6.07, 6.45) is 0.549. The van der Waals surface area contributed by atoms with Crippen molar-refractivity contribution in [2.75, 3.05) is 13.2 Å². The summed E-state index contributed by atoms with van der Waals surface area (Å²) >= 11 is 0. The van der Waals surface area contributed by atoms with Crippen molar-refractivity contribution in [1.29, 1.82) is 0 Å². The van der Waals surface area contributed by atoms with Crippen molar-refractivity contribution in [3.63, 3.8) is 0 Å². The lowest BCUT2D eigenvalue weighted by Gasteiger charge is -1.96. The fourth-order valence-corrected chi connectivity index (χ4v) is 0.334. The normalized spacial score (nSPS) is 9.12. The van der Waals surface area contributed by atoms with Gasteiger partial charge in [0.25, 0.3) is 0 Å². The Morgan fingerprint density at radius 1 is 1.75 bits per heavy atom. The van der Waals surface area contributed by atoms with Crippen LogP contribution in [0, 0.1) is 0 Å². The topological polar surface area (TPSA) is 29.5 Å². The number of aliphatic hydroxyl groups excluding tert-OH is 1. The monoisotopic (exact) mass is 116 g/mol. The average Bonchev–Trinajstić information content (AvgIpc) is 1.66. The minimum Gasteiger partial charge on any atom is -0.513 e. The van der Waals surface area contributed by atoms with Gasteiger partial charge < -0.3 is 9.84 Å². The maximum absolute atomic E-state index is 8.50. The molecule has 0 saturated carbocycles. The number of hydrogen-bond acceptors (Lipinski definition) is 2. The fourth-order valence-electron chi connectivity index (χ4n) is 0.334. The molecular weight excluding hydrogens is 104 g/mol. The molecule has 2 heteroatoms. The molecule has 0 fully saturated rings. The molecule has 0 saturated heterocycles. The molecule has 0 heterocycles. The molecule has 0 aromatic rings. The molecule has 0 amide bonds. The molecule has 0 aliphatic heterocycles. The maximum Gasteiger partial charge on any atom is 0.0874 e. The average molecular weight is 116 g/mol. The molecule has 0 unspecified atom stereocenters. The first-order valence-corrected chi connectivity index (χ1v) is 2.72. The van der Waals surface area contributed by atoms with Gasteiger partial charge in [-0.3, -0.25) is 0 Å². The largest absolute Gasteiger partial charge is 0.513 e. The van der Waals surface area contributed by atoms with Crippen LogP contribution in [0.3, 0.4) is 0 Å². The zero-order valence-corrected chi connectivity index (χ0v) is 5.18. The summed E-state index contributed by atoms with van der Waals surface area (Å²) in [5.41, 5.74) is 0. The van der Waals surface area contributed by atoms with E-state index in [9.17, 15) is 0 Å². The highest BCUT2D eigenvalue weighted by atomic mass is 16.5. The smallest absolute Gasteiger partial charge is 0.0874 e. The van der Waals surface area contributed by atoms with Gasteiger partial charge in [-0.15, -0.1) is 0 Å². The molecule has 2 nitrogen and oxygen atoms in total.